The third-order valence-corrected chi connectivity index (χ3v) is 7.55. The second-order valence-corrected chi connectivity index (χ2v) is 10.7. The van der Waals surface area contributed by atoms with Crippen LogP contribution in [0.15, 0.2) is 109 Å². The van der Waals surface area contributed by atoms with Crippen molar-refractivity contribution in [3.63, 3.8) is 0 Å². The van der Waals surface area contributed by atoms with Crippen molar-refractivity contribution in [2.24, 2.45) is 0 Å². The average molecular weight is 564 g/mol. The van der Waals surface area contributed by atoms with Crippen molar-refractivity contribution >= 4 is 23.3 Å². The van der Waals surface area contributed by atoms with Gasteiger partial charge in [0.25, 0.3) is 0 Å². The highest BCUT2D eigenvalue weighted by atomic mass is 35.5. The van der Waals surface area contributed by atoms with Gasteiger partial charge in [0.15, 0.2) is 0 Å². The summed E-state index contributed by atoms with van der Waals surface area (Å²) < 4.78 is 5.81. The third kappa shape index (κ3) is 7.05. The number of H-pyrrole nitrogens is 1. The number of esters is 1. The number of ether oxygens (including phenoxy) is 1. The molecule has 1 aromatic heterocycles. The molecular weight excluding hydrogens is 530 g/mol. The maximum Gasteiger partial charge on any atom is 0.338 e. The number of nitrogens with one attached hydrogen (secondary N) is 1. The number of anilines is 1. The molecular formula is C35H34ClN3O2. The van der Waals surface area contributed by atoms with Gasteiger partial charge in [0, 0.05) is 48.3 Å². The normalized spacial score (nSPS) is 11.7. The molecule has 0 aliphatic heterocycles. The molecule has 5 nitrogen and oxygen atoms in total. The minimum atomic E-state index is -0.335. The number of aromatic nitrogens is 2. The molecule has 5 aromatic rings. The number of aryl methyl sites for hydroxylation is 1. The summed E-state index contributed by atoms with van der Waals surface area (Å²) in [7, 11) is 3.93. The van der Waals surface area contributed by atoms with E-state index in [4.69, 9.17) is 21.3 Å². The molecule has 1 N–H and O–H groups in total. The molecule has 0 saturated heterocycles. The molecule has 4 aromatic carbocycles. The molecule has 41 heavy (non-hydrogen) atoms. The van der Waals surface area contributed by atoms with Crippen molar-refractivity contribution < 1.29 is 9.53 Å². The molecule has 208 valence electrons. The lowest BCUT2D eigenvalue weighted by Crippen LogP contribution is -2.14. The standard InChI is InChI=1S/C35H34ClN3O2/c1-39(2)29-22-20-27(21-23-29)35(40)41-24-28(30-17-9-10-18-31(30)36)16-11-19-32-37-33(25-12-5-3-6-13-25)34(38-32)26-14-7-4-8-15-26/h3-10,12-15,17-18,20-23,28H,11,16,19,24H2,1-2H3,(H,37,38). The fourth-order valence-corrected chi connectivity index (χ4v) is 5.26. The maximum absolute atomic E-state index is 12.9. The Labute approximate surface area is 246 Å². The summed E-state index contributed by atoms with van der Waals surface area (Å²) in [4.78, 5) is 23.4. The van der Waals surface area contributed by atoms with Crippen LogP contribution >= 0.6 is 11.6 Å². The highest BCUT2D eigenvalue weighted by Crippen LogP contribution is 2.32. The number of rotatable bonds is 11. The van der Waals surface area contributed by atoms with Crippen molar-refractivity contribution in [3.05, 3.63) is 131 Å². The van der Waals surface area contributed by atoms with Crippen LogP contribution in [0, 0.1) is 0 Å². The monoisotopic (exact) mass is 563 g/mol. The molecule has 0 spiro atoms. The fraction of sp³-hybridized carbons (Fsp3) is 0.200. The molecule has 1 heterocycles. The van der Waals surface area contributed by atoms with Gasteiger partial charge in [-0.2, -0.15) is 0 Å². The summed E-state index contributed by atoms with van der Waals surface area (Å²) in [5.41, 5.74) is 6.69. The lowest BCUT2D eigenvalue weighted by molar-refractivity contribution is 0.0474. The van der Waals surface area contributed by atoms with Crippen molar-refractivity contribution in [2.75, 3.05) is 25.6 Å². The Hall–Kier alpha value is -4.35. The van der Waals surface area contributed by atoms with Crippen LogP contribution in [-0.4, -0.2) is 36.6 Å². The molecule has 0 aliphatic rings. The molecule has 0 aliphatic carbocycles. The number of carbonyl (C=O) groups is 1. The zero-order valence-corrected chi connectivity index (χ0v) is 24.1. The molecule has 1 unspecified atom stereocenters. The van der Waals surface area contributed by atoms with E-state index in [1.165, 1.54) is 0 Å². The zero-order valence-electron chi connectivity index (χ0n) is 23.4. The van der Waals surface area contributed by atoms with E-state index in [0.29, 0.717) is 10.6 Å². The van der Waals surface area contributed by atoms with Crippen LogP contribution in [0.5, 0.6) is 0 Å². The number of halogens is 1. The second kappa shape index (κ2) is 13.3. The van der Waals surface area contributed by atoms with Crippen LogP contribution in [0.1, 0.15) is 40.5 Å². The second-order valence-electron chi connectivity index (χ2n) is 10.3. The molecule has 5 rings (SSSR count). The van der Waals surface area contributed by atoms with Gasteiger partial charge < -0.3 is 14.6 Å². The Morgan fingerprint density at radius 1 is 0.854 bits per heavy atom. The van der Waals surface area contributed by atoms with E-state index in [-0.39, 0.29) is 18.5 Å². The van der Waals surface area contributed by atoms with E-state index in [0.717, 1.165) is 58.9 Å². The van der Waals surface area contributed by atoms with E-state index in [1.54, 1.807) is 12.1 Å². The van der Waals surface area contributed by atoms with Crippen LogP contribution in [0.25, 0.3) is 22.5 Å². The quantitative estimate of drug-likeness (QED) is 0.164. The first kappa shape index (κ1) is 28.2. The van der Waals surface area contributed by atoms with Gasteiger partial charge in [-0.05, 0) is 48.7 Å². The number of hydrogen-bond donors (Lipinski definition) is 1. The van der Waals surface area contributed by atoms with E-state index in [1.807, 2.05) is 91.8 Å². The van der Waals surface area contributed by atoms with Gasteiger partial charge in [0.2, 0.25) is 0 Å². The summed E-state index contributed by atoms with van der Waals surface area (Å²) in [6.07, 6.45) is 2.40. The Morgan fingerprint density at radius 3 is 2.15 bits per heavy atom. The molecule has 0 fully saturated rings. The van der Waals surface area contributed by atoms with Gasteiger partial charge in [-0.15, -0.1) is 0 Å². The Kier molecular flexibility index (Phi) is 9.17. The largest absolute Gasteiger partial charge is 0.461 e. The van der Waals surface area contributed by atoms with Crippen molar-refractivity contribution in [3.8, 4) is 22.5 Å². The number of carbonyl (C=O) groups excluding carboxylic acids is 1. The molecule has 0 amide bonds. The highest BCUT2D eigenvalue weighted by Gasteiger charge is 2.19. The maximum atomic E-state index is 12.9. The van der Waals surface area contributed by atoms with E-state index < -0.39 is 0 Å². The highest BCUT2D eigenvalue weighted by molar-refractivity contribution is 6.31. The number of aromatic amines is 1. The van der Waals surface area contributed by atoms with E-state index >= 15 is 0 Å². The van der Waals surface area contributed by atoms with Gasteiger partial charge in [0.1, 0.15) is 5.82 Å². The fourth-order valence-electron chi connectivity index (χ4n) is 4.97. The molecule has 6 heteroatoms. The minimum Gasteiger partial charge on any atom is -0.461 e. The number of hydrogen-bond acceptors (Lipinski definition) is 4. The van der Waals surface area contributed by atoms with Crippen LogP contribution in [-0.2, 0) is 11.2 Å². The van der Waals surface area contributed by atoms with Gasteiger partial charge in [0.05, 0.1) is 23.6 Å². The summed E-state index contributed by atoms with van der Waals surface area (Å²) in [5, 5.41) is 0.680. The van der Waals surface area contributed by atoms with Gasteiger partial charge >= 0.3 is 5.97 Å². The summed E-state index contributed by atoms with van der Waals surface area (Å²) >= 11 is 6.59. The Bertz CT molecular complexity index is 1510. The van der Waals surface area contributed by atoms with Crippen molar-refractivity contribution in [1.82, 2.24) is 9.97 Å². The zero-order chi connectivity index (χ0) is 28.6. The Morgan fingerprint density at radius 2 is 1.49 bits per heavy atom. The minimum absolute atomic E-state index is 0.0363. The first-order valence-corrected chi connectivity index (χ1v) is 14.3. The third-order valence-electron chi connectivity index (χ3n) is 7.21. The van der Waals surface area contributed by atoms with Crippen molar-refractivity contribution in [1.29, 1.82) is 0 Å². The first-order chi connectivity index (χ1) is 20.0. The number of imidazole rings is 1. The van der Waals surface area contributed by atoms with Gasteiger partial charge in [-0.25, -0.2) is 9.78 Å². The van der Waals surface area contributed by atoms with Crippen LogP contribution in [0.4, 0.5) is 5.69 Å². The summed E-state index contributed by atoms with van der Waals surface area (Å²) in [5.74, 6) is 0.558. The van der Waals surface area contributed by atoms with Crippen LogP contribution in [0.3, 0.4) is 0 Å². The van der Waals surface area contributed by atoms with Crippen molar-refractivity contribution in [2.45, 2.75) is 25.2 Å². The molecule has 0 saturated carbocycles. The SMILES string of the molecule is CN(C)c1ccc(C(=O)OCC(CCCc2nc(-c3ccccc3)c(-c3ccccc3)[nH]2)c2ccccc2Cl)cc1. The lowest BCUT2D eigenvalue weighted by Gasteiger charge is -2.19. The smallest absolute Gasteiger partial charge is 0.338 e. The average Bonchev–Trinajstić information content (AvgIpc) is 3.44. The topological polar surface area (TPSA) is 58.2 Å². The molecule has 1 atom stereocenters. The van der Waals surface area contributed by atoms with E-state index in [9.17, 15) is 4.79 Å². The van der Waals surface area contributed by atoms with E-state index in [2.05, 4.69) is 29.2 Å². The lowest BCUT2D eigenvalue weighted by atomic mass is 9.94. The Balaban J connectivity index is 1.30. The van der Waals surface area contributed by atoms with Crippen LogP contribution < -0.4 is 4.90 Å². The number of nitrogens with zero attached hydrogens (tertiary/aromatic N) is 2. The summed E-state index contributed by atoms with van der Waals surface area (Å²) in [6, 6.07) is 35.8. The molecule has 0 bridgehead atoms. The van der Waals surface area contributed by atoms with Crippen LogP contribution in [0.2, 0.25) is 5.02 Å². The predicted molar refractivity (Wildman–Crippen MR) is 168 cm³/mol. The summed E-state index contributed by atoms with van der Waals surface area (Å²) in [6.45, 7) is 0.251. The van der Waals surface area contributed by atoms with Gasteiger partial charge in [-0.3, -0.25) is 0 Å². The first-order valence-electron chi connectivity index (χ1n) is 13.9. The molecule has 0 radical (unpaired) electrons. The number of benzene rings is 4. The van der Waals surface area contributed by atoms with Gasteiger partial charge in [-0.1, -0.05) is 90.5 Å². The predicted octanol–water partition coefficient (Wildman–Crippen LogP) is 8.43.